The summed E-state index contributed by atoms with van der Waals surface area (Å²) < 4.78 is 22.9. The van der Waals surface area contributed by atoms with Gasteiger partial charge in [-0.05, 0) is 49.5 Å². The number of guanidine groups is 1. The van der Waals surface area contributed by atoms with Crippen LogP contribution in [-0.4, -0.2) is 52.3 Å². The first kappa shape index (κ1) is 19.8. The number of rotatable bonds is 9. The molecule has 0 atom stereocenters. The summed E-state index contributed by atoms with van der Waals surface area (Å²) in [6.07, 6.45) is 5.21. The first-order valence-corrected chi connectivity index (χ1v) is 11.1. The van der Waals surface area contributed by atoms with Gasteiger partial charge in [0.05, 0.1) is 4.90 Å². The third-order valence-corrected chi connectivity index (χ3v) is 5.00. The van der Waals surface area contributed by atoms with Crippen molar-refractivity contribution in [3.05, 3.63) is 29.8 Å². The van der Waals surface area contributed by atoms with Crippen LogP contribution in [0.2, 0.25) is 0 Å². The summed E-state index contributed by atoms with van der Waals surface area (Å²) in [4.78, 5) is 4.89. The largest absolute Gasteiger partial charge is 0.357 e. The van der Waals surface area contributed by atoms with Gasteiger partial charge in [-0.1, -0.05) is 12.1 Å². The van der Waals surface area contributed by atoms with Crippen LogP contribution in [0.25, 0.3) is 0 Å². The molecule has 1 aromatic rings. The molecule has 0 unspecified atom stereocenters. The van der Waals surface area contributed by atoms with Crippen LogP contribution >= 0.6 is 11.8 Å². The molecule has 5 nitrogen and oxygen atoms in total. The Bertz CT molecular complexity index is 584. The van der Waals surface area contributed by atoms with Crippen molar-refractivity contribution in [1.82, 2.24) is 10.6 Å². The average Bonchev–Trinajstić information content (AvgIpc) is 2.51. The number of nitrogens with one attached hydrogen (secondary N) is 2. The van der Waals surface area contributed by atoms with E-state index in [1.807, 2.05) is 30.8 Å². The maximum absolute atomic E-state index is 11.4. The molecule has 2 N–H and O–H groups in total. The highest BCUT2D eigenvalue weighted by molar-refractivity contribution is 7.98. The Morgan fingerprint density at radius 2 is 1.91 bits per heavy atom. The minimum absolute atomic E-state index is 0.359. The Balaban J connectivity index is 2.46. The molecule has 130 valence electrons. The van der Waals surface area contributed by atoms with Crippen molar-refractivity contribution in [2.75, 3.05) is 37.9 Å². The molecule has 0 aromatic heterocycles. The van der Waals surface area contributed by atoms with Crippen LogP contribution in [0.15, 0.2) is 34.2 Å². The maximum Gasteiger partial charge on any atom is 0.191 e. The van der Waals surface area contributed by atoms with E-state index in [1.165, 1.54) is 6.26 Å². The lowest BCUT2D eigenvalue weighted by Gasteiger charge is -2.11. The average molecular weight is 358 g/mol. The van der Waals surface area contributed by atoms with E-state index in [9.17, 15) is 8.42 Å². The molecule has 1 rings (SSSR count). The summed E-state index contributed by atoms with van der Waals surface area (Å²) in [5, 5.41) is 6.53. The molecule has 23 heavy (non-hydrogen) atoms. The fourth-order valence-corrected chi connectivity index (χ4v) is 3.02. The lowest BCUT2D eigenvalue weighted by atomic mass is 10.1. The van der Waals surface area contributed by atoms with Crippen molar-refractivity contribution in [2.45, 2.75) is 24.7 Å². The Hall–Kier alpha value is -1.21. The molecule has 7 heteroatoms. The van der Waals surface area contributed by atoms with Crippen LogP contribution < -0.4 is 10.6 Å². The van der Waals surface area contributed by atoms with Crippen LogP contribution in [0.1, 0.15) is 18.9 Å². The summed E-state index contributed by atoms with van der Waals surface area (Å²) in [5.74, 6) is 1.96. The molecule has 0 amide bonds. The van der Waals surface area contributed by atoms with Gasteiger partial charge in [0.2, 0.25) is 0 Å². The summed E-state index contributed by atoms with van der Waals surface area (Å²) in [6, 6.07) is 7.04. The maximum atomic E-state index is 11.4. The summed E-state index contributed by atoms with van der Waals surface area (Å²) in [7, 11) is -3.12. The van der Waals surface area contributed by atoms with Crippen molar-refractivity contribution in [2.24, 2.45) is 4.99 Å². The fraction of sp³-hybridized carbons (Fsp3) is 0.562. The van der Waals surface area contributed by atoms with Crippen molar-refractivity contribution < 1.29 is 8.42 Å². The Kier molecular flexibility index (Phi) is 9.09. The van der Waals surface area contributed by atoms with Crippen molar-refractivity contribution in [1.29, 1.82) is 0 Å². The third kappa shape index (κ3) is 8.27. The number of nitrogens with zero attached hydrogens (tertiary/aromatic N) is 1. The molecular weight excluding hydrogens is 330 g/mol. The number of aliphatic imine (C=N–C) groups is 1. The number of sulfone groups is 1. The monoisotopic (exact) mass is 357 g/mol. The van der Waals surface area contributed by atoms with E-state index < -0.39 is 9.84 Å². The fourth-order valence-electron chi connectivity index (χ4n) is 1.97. The Labute approximate surface area is 144 Å². The molecular formula is C16H27N3O2S2. The smallest absolute Gasteiger partial charge is 0.191 e. The minimum Gasteiger partial charge on any atom is -0.357 e. The molecule has 0 spiro atoms. The van der Waals surface area contributed by atoms with Crippen molar-refractivity contribution in [3.8, 4) is 0 Å². The predicted octanol–water partition coefficient (Wildman–Crippen LogP) is 1.94. The molecule has 0 saturated carbocycles. The normalized spacial score (nSPS) is 12.2. The second kappa shape index (κ2) is 10.5. The summed E-state index contributed by atoms with van der Waals surface area (Å²) in [5.41, 5.74) is 1.10. The van der Waals surface area contributed by atoms with Crippen LogP contribution in [-0.2, 0) is 16.3 Å². The summed E-state index contributed by atoms with van der Waals surface area (Å²) in [6.45, 7) is 4.45. The van der Waals surface area contributed by atoms with E-state index >= 15 is 0 Å². The van der Waals surface area contributed by atoms with Gasteiger partial charge in [-0.2, -0.15) is 11.8 Å². The molecule has 0 heterocycles. The van der Waals surface area contributed by atoms with Gasteiger partial charge in [0, 0.05) is 25.9 Å². The molecule has 0 aliphatic heterocycles. The summed E-state index contributed by atoms with van der Waals surface area (Å²) >= 11 is 1.83. The zero-order valence-corrected chi connectivity index (χ0v) is 15.8. The SMILES string of the molecule is CCNC(=NCCCSC)NCCc1ccc(S(C)(=O)=O)cc1. The van der Waals surface area contributed by atoms with Crippen LogP contribution in [0, 0.1) is 0 Å². The van der Waals surface area contributed by atoms with E-state index in [-0.39, 0.29) is 0 Å². The first-order chi connectivity index (χ1) is 11.0. The first-order valence-electron chi connectivity index (χ1n) is 7.77. The molecule has 0 saturated heterocycles. The standard InChI is InChI=1S/C16H27N3O2S2/c1-4-17-16(18-11-5-13-22-2)19-12-10-14-6-8-15(9-7-14)23(3,20)21/h6-9H,4-5,10-13H2,1-3H3,(H2,17,18,19). The Morgan fingerprint density at radius 3 is 2.48 bits per heavy atom. The van der Waals surface area contributed by atoms with Crippen LogP contribution in [0.4, 0.5) is 0 Å². The molecule has 0 aliphatic carbocycles. The molecule has 0 fully saturated rings. The highest BCUT2D eigenvalue weighted by Crippen LogP contribution is 2.10. The third-order valence-electron chi connectivity index (χ3n) is 3.18. The van der Waals surface area contributed by atoms with Gasteiger partial charge in [0.25, 0.3) is 0 Å². The number of hydrogen-bond donors (Lipinski definition) is 2. The van der Waals surface area contributed by atoms with Gasteiger partial charge in [-0.3, -0.25) is 4.99 Å². The molecule has 0 bridgehead atoms. The second-order valence-corrected chi connectivity index (χ2v) is 8.20. The minimum atomic E-state index is -3.12. The van der Waals surface area contributed by atoms with Gasteiger partial charge in [-0.15, -0.1) is 0 Å². The highest BCUT2D eigenvalue weighted by Gasteiger charge is 2.06. The van der Waals surface area contributed by atoms with Gasteiger partial charge in [-0.25, -0.2) is 8.42 Å². The van der Waals surface area contributed by atoms with Gasteiger partial charge < -0.3 is 10.6 Å². The number of hydrogen-bond acceptors (Lipinski definition) is 4. The van der Waals surface area contributed by atoms with Gasteiger partial charge >= 0.3 is 0 Å². The molecule has 0 radical (unpaired) electrons. The lowest BCUT2D eigenvalue weighted by molar-refractivity contribution is 0.602. The molecule has 0 aliphatic rings. The van der Waals surface area contributed by atoms with Crippen molar-refractivity contribution >= 4 is 27.6 Å². The topological polar surface area (TPSA) is 70.6 Å². The van der Waals surface area contributed by atoms with Crippen molar-refractivity contribution in [3.63, 3.8) is 0 Å². The van der Waals surface area contributed by atoms with Crippen LogP contribution in [0.3, 0.4) is 0 Å². The van der Waals surface area contributed by atoms with E-state index in [1.54, 1.807) is 12.1 Å². The quantitative estimate of drug-likeness (QED) is 0.401. The van der Waals surface area contributed by atoms with E-state index in [0.29, 0.717) is 4.90 Å². The zero-order chi connectivity index (χ0) is 17.1. The van der Waals surface area contributed by atoms with E-state index in [0.717, 1.165) is 49.8 Å². The lowest BCUT2D eigenvalue weighted by Crippen LogP contribution is -2.38. The van der Waals surface area contributed by atoms with E-state index in [4.69, 9.17) is 0 Å². The second-order valence-electron chi connectivity index (χ2n) is 5.20. The van der Waals surface area contributed by atoms with Crippen LogP contribution in [0.5, 0.6) is 0 Å². The Morgan fingerprint density at radius 1 is 1.22 bits per heavy atom. The van der Waals surface area contributed by atoms with Gasteiger partial charge in [0.15, 0.2) is 15.8 Å². The van der Waals surface area contributed by atoms with E-state index in [2.05, 4.69) is 21.9 Å². The predicted molar refractivity (Wildman–Crippen MR) is 100 cm³/mol. The number of thioether (sulfide) groups is 1. The number of benzene rings is 1. The zero-order valence-electron chi connectivity index (χ0n) is 14.1. The molecule has 1 aromatic carbocycles. The highest BCUT2D eigenvalue weighted by atomic mass is 32.2. The van der Waals surface area contributed by atoms with Gasteiger partial charge in [0.1, 0.15) is 0 Å².